The molecule has 2 aromatic carbocycles. The number of nitrogens with zero attached hydrogens (tertiary/aromatic N) is 6. The van der Waals surface area contributed by atoms with E-state index in [1.54, 1.807) is 29.1 Å². The Hall–Kier alpha value is -4.28. The number of piperazine rings is 1. The van der Waals surface area contributed by atoms with Gasteiger partial charge in [0.05, 0.1) is 23.0 Å². The number of halogens is 2. The minimum Gasteiger partial charge on any atom is -0.476 e. The van der Waals surface area contributed by atoms with Crippen LogP contribution in [0.5, 0.6) is 5.75 Å². The molecule has 13 heteroatoms. The number of amides is 1. The van der Waals surface area contributed by atoms with Gasteiger partial charge in [0.2, 0.25) is 0 Å². The predicted octanol–water partition coefficient (Wildman–Crippen LogP) is 3.87. The predicted molar refractivity (Wildman–Crippen MR) is 168 cm³/mol. The molecule has 2 fully saturated rings. The molecular weight excluding hydrogens is 599 g/mol. The average Bonchev–Trinajstić information content (AvgIpc) is 3.48. The van der Waals surface area contributed by atoms with Crippen molar-refractivity contribution in [3.05, 3.63) is 70.9 Å². The number of carbonyl (C=O) groups excluding carboxylic acids is 1. The number of aromatic nitrogens is 3. The zero-order valence-corrected chi connectivity index (χ0v) is 25.6. The third kappa shape index (κ3) is 6.43. The molecule has 234 valence electrons. The summed E-state index contributed by atoms with van der Waals surface area (Å²) in [6.07, 6.45) is 5.54. The van der Waals surface area contributed by atoms with E-state index in [-0.39, 0.29) is 35.3 Å². The van der Waals surface area contributed by atoms with Crippen molar-refractivity contribution in [2.24, 2.45) is 5.92 Å². The fourth-order valence-electron chi connectivity index (χ4n) is 6.02. The smallest absolute Gasteiger partial charge is 0.254 e. The normalized spacial score (nSPS) is 19.0. The number of aryl methyl sites for hydroxylation is 1. The highest BCUT2D eigenvalue weighted by molar-refractivity contribution is 6.33. The number of aliphatic hydroxyl groups is 1. The Bertz CT molecular complexity index is 1750. The first-order valence-electron chi connectivity index (χ1n) is 14.9. The van der Waals surface area contributed by atoms with Gasteiger partial charge in [-0.2, -0.15) is 5.26 Å². The largest absolute Gasteiger partial charge is 0.476 e. The maximum Gasteiger partial charge on any atom is 0.254 e. The van der Waals surface area contributed by atoms with Gasteiger partial charge in [0.1, 0.15) is 6.07 Å². The van der Waals surface area contributed by atoms with Crippen LogP contribution in [0.4, 0.5) is 15.9 Å². The summed E-state index contributed by atoms with van der Waals surface area (Å²) < 4.78 is 21.7. The molecule has 2 aromatic heterocycles. The lowest BCUT2D eigenvalue weighted by atomic mass is 9.94. The Morgan fingerprint density at radius 3 is 2.82 bits per heavy atom. The average molecular weight is 633 g/mol. The summed E-state index contributed by atoms with van der Waals surface area (Å²) in [6.45, 7) is 6.94. The van der Waals surface area contributed by atoms with Gasteiger partial charge in [-0.3, -0.25) is 14.1 Å². The van der Waals surface area contributed by atoms with Crippen molar-refractivity contribution in [2.75, 3.05) is 57.7 Å². The fraction of sp³-hybridized carbons (Fsp3) is 0.375. The molecule has 6 rings (SSSR count). The number of nitriles is 1. The van der Waals surface area contributed by atoms with Crippen LogP contribution in [-0.4, -0.2) is 93.7 Å². The molecule has 0 saturated carbocycles. The number of anilines is 2. The van der Waals surface area contributed by atoms with Crippen molar-refractivity contribution >= 4 is 34.7 Å². The minimum absolute atomic E-state index is 0.00637. The number of fused-ring (bicyclic) bond motifs is 1. The van der Waals surface area contributed by atoms with Gasteiger partial charge < -0.3 is 25.4 Å². The molecule has 0 radical (unpaired) electrons. The minimum atomic E-state index is -0.754. The van der Waals surface area contributed by atoms with E-state index in [2.05, 4.69) is 25.5 Å². The molecule has 2 aliphatic heterocycles. The van der Waals surface area contributed by atoms with E-state index in [1.807, 2.05) is 36.1 Å². The first-order valence-corrected chi connectivity index (χ1v) is 15.3. The van der Waals surface area contributed by atoms with Crippen LogP contribution >= 0.6 is 11.6 Å². The van der Waals surface area contributed by atoms with Gasteiger partial charge in [-0.1, -0.05) is 11.6 Å². The lowest BCUT2D eigenvalue weighted by Gasteiger charge is -2.38. The monoisotopic (exact) mass is 632 g/mol. The van der Waals surface area contributed by atoms with E-state index in [4.69, 9.17) is 21.6 Å². The van der Waals surface area contributed by atoms with Crippen molar-refractivity contribution in [2.45, 2.75) is 19.4 Å². The quantitative estimate of drug-likeness (QED) is 0.265. The summed E-state index contributed by atoms with van der Waals surface area (Å²) >= 11 is 6.35. The van der Waals surface area contributed by atoms with E-state index in [0.29, 0.717) is 47.9 Å². The van der Waals surface area contributed by atoms with Gasteiger partial charge in [-0.15, -0.1) is 0 Å². The second kappa shape index (κ2) is 13.4. The van der Waals surface area contributed by atoms with E-state index in [9.17, 15) is 14.3 Å². The van der Waals surface area contributed by atoms with Crippen LogP contribution in [0.2, 0.25) is 5.02 Å². The van der Waals surface area contributed by atoms with E-state index in [1.165, 1.54) is 6.07 Å². The molecule has 4 heterocycles. The third-order valence-electron chi connectivity index (χ3n) is 8.50. The molecule has 0 spiro atoms. The summed E-state index contributed by atoms with van der Waals surface area (Å²) in [6, 6.07) is 10.4. The summed E-state index contributed by atoms with van der Waals surface area (Å²) in [4.78, 5) is 26.6. The highest BCUT2D eigenvalue weighted by atomic mass is 35.5. The number of imidazole rings is 1. The Morgan fingerprint density at radius 2 is 2.07 bits per heavy atom. The molecule has 2 atom stereocenters. The van der Waals surface area contributed by atoms with Crippen LogP contribution < -0.4 is 15.4 Å². The van der Waals surface area contributed by atoms with Crippen LogP contribution in [0.3, 0.4) is 0 Å². The van der Waals surface area contributed by atoms with Crippen LogP contribution in [0.1, 0.15) is 22.3 Å². The van der Waals surface area contributed by atoms with Gasteiger partial charge in [0.25, 0.3) is 5.91 Å². The highest BCUT2D eigenvalue weighted by Gasteiger charge is 2.28. The lowest BCUT2D eigenvalue weighted by molar-refractivity contribution is 0.0370. The van der Waals surface area contributed by atoms with Gasteiger partial charge in [0, 0.05) is 68.5 Å². The van der Waals surface area contributed by atoms with Gasteiger partial charge in [0.15, 0.2) is 29.6 Å². The molecule has 3 N–H and O–H groups in total. The van der Waals surface area contributed by atoms with Gasteiger partial charge >= 0.3 is 0 Å². The topological polar surface area (TPSA) is 131 Å². The molecule has 0 aliphatic carbocycles. The summed E-state index contributed by atoms with van der Waals surface area (Å²) in [5, 5.41) is 25.4. The Morgan fingerprint density at radius 1 is 1.24 bits per heavy atom. The number of hydrogen-bond acceptors (Lipinski definition) is 9. The van der Waals surface area contributed by atoms with Crippen molar-refractivity contribution < 1.29 is 19.0 Å². The molecule has 1 amide bonds. The molecule has 4 aromatic rings. The van der Waals surface area contributed by atoms with E-state index >= 15 is 0 Å². The standard InChI is InChI=1S/C32H34ClFN8O3/c1-20-16-22(2-3-23(20)32(44)41-13-11-40(12-14-41)19-21-6-8-36-18-26(21)43)39-30-31-38-17-25(42(31)10-9-37-30)24-4-5-27(45-15-7-35)29(34)28(24)33/h2-5,9-10,16-17,21,26,36,43H,6,8,11-15,18-19H2,1H3,(H,37,39)/t21-,26?/m0/s1. The SMILES string of the molecule is Cc1cc(Nc2nccn3c(-c4ccc(OCC#N)c(F)c4Cl)cnc23)ccc1C(=O)N1CCN(C[C@@H]2CCNCC2O)CC1. The second-order valence-corrected chi connectivity index (χ2v) is 11.7. The summed E-state index contributed by atoms with van der Waals surface area (Å²) in [7, 11) is 0. The molecule has 1 unspecified atom stereocenters. The molecule has 11 nitrogen and oxygen atoms in total. The number of rotatable bonds is 8. The zero-order chi connectivity index (χ0) is 31.5. The highest BCUT2D eigenvalue weighted by Crippen LogP contribution is 2.36. The zero-order valence-electron chi connectivity index (χ0n) is 24.8. The lowest BCUT2D eigenvalue weighted by Crippen LogP contribution is -2.52. The Labute approximate surface area is 265 Å². The van der Waals surface area contributed by atoms with Crippen LogP contribution in [0.25, 0.3) is 16.9 Å². The van der Waals surface area contributed by atoms with Crippen molar-refractivity contribution in [1.29, 1.82) is 5.26 Å². The van der Waals surface area contributed by atoms with Crippen molar-refractivity contribution in [3.8, 4) is 23.1 Å². The number of β-amino-alcohol motifs (C(OH)–C–C–N with tert-alkyl or cyclic N) is 1. The first kappa shape index (κ1) is 30.7. The molecule has 45 heavy (non-hydrogen) atoms. The van der Waals surface area contributed by atoms with E-state index in [0.717, 1.165) is 43.9 Å². The number of piperidine rings is 1. The second-order valence-electron chi connectivity index (χ2n) is 11.4. The number of carbonyl (C=O) groups is 1. The Kier molecular flexibility index (Phi) is 9.14. The summed E-state index contributed by atoms with van der Waals surface area (Å²) in [5.41, 5.74) is 3.68. The van der Waals surface area contributed by atoms with Crippen LogP contribution in [0, 0.1) is 30.0 Å². The van der Waals surface area contributed by atoms with Crippen LogP contribution in [-0.2, 0) is 0 Å². The molecule has 2 saturated heterocycles. The van der Waals surface area contributed by atoms with Crippen LogP contribution in [0.15, 0.2) is 48.9 Å². The number of ether oxygens (including phenoxy) is 1. The number of aliphatic hydroxyl groups excluding tert-OH is 1. The maximum atomic E-state index is 14.8. The third-order valence-corrected chi connectivity index (χ3v) is 8.87. The number of nitrogens with one attached hydrogen (secondary N) is 2. The number of hydrogen-bond donors (Lipinski definition) is 3. The van der Waals surface area contributed by atoms with Crippen molar-refractivity contribution in [1.82, 2.24) is 29.5 Å². The summed E-state index contributed by atoms with van der Waals surface area (Å²) in [5.74, 6) is -0.102. The first-order chi connectivity index (χ1) is 21.8. The van der Waals surface area contributed by atoms with Gasteiger partial charge in [-0.05, 0) is 61.7 Å². The molecule has 2 aliphatic rings. The maximum absolute atomic E-state index is 14.8. The molecule has 0 bridgehead atoms. The van der Waals surface area contributed by atoms with E-state index < -0.39 is 5.82 Å². The molecular formula is C32H34ClFN8O3. The Balaban J connectivity index is 1.13. The fourth-order valence-corrected chi connectivity index (χ4v) is 6.27. The van der Waals surface area contributed by atoms with Gasteiger partial charge in [-0.25, -0.2) is 14.4 Å². The number of benzene rings is 2. The van der Waals surface area contributed by atoms with Crippen molar-refractivity contribution in [3.63, 3.8) is 0 Å².